The summed E-state index contributed by atoms with van der Waals surface area (Å²) in [5, 5.41) is -0.0609. The molecule has 2 aromatic carbocycles. The maximum absolute atomic E-state index is 13.6. The molecule has 10 nitrogen and oxygen atoms in total. The Morgan fingerprint density at radius 1 is 1.00 bits per heavy atom. The second-order valence-corrected chi connectivity index (χ2v) is 17.6. The molecule has 4 aliphatic rings. The molecule has 2 bridgehead atoms. The highest BCUT2D eigenvalue weighted by molar-refractivity contribution is 7.90. The third-order valence-corrected chi connectivity index (χ3v) is 14.2. The summed E-state index contributed by atoms with van der Waals surface area (Å²) >= 11 is 6.38. The van der Waals surface area contributed by atoms with E-state index in [1.807, 2.05) is 39.3 Å². The second kappa shape index (κ2) is 15.4. The molecule has 1 saturated heterocycles. The highest BCUT2D eigenvalue weighted by atomic mass is 35.5. The minimum absolute atomic E-state index is 0.121. The average Bonchev–Trinajstić information content (AvgIpc) is 3.10. The van der Waals surface area contributed by atoms with Gasteiger partial charge in [0.05, 0.1) is 23.1 Å². The van der Waals surface area contributed by atoms with E-state index in [2.05, 4.69) is 14.5 Å². The van der Waals surface area contributed by atoms with E-state index in [1.54, 1.807) is 30.0 Å². The molecule has 50 heavy (non-hydrogen) atoms. The molecule has 1 saturated carbocycles. The molecule has 12 heteroatoms. The van der Waals surface area contributed by atoms with E-state index in [-0.39, 0.29) is 23.3 Å². The average molecular weight is 729 g/mol. The van der Waals surface area contributed by atoms with Crippen LogP contribution in [-0.2, 0) is 32.6 Å². The predicted octanol–water partition coefficient (Wildman–Crippen LogP) is 5.52. The smallest absolute Gasteiger partial charge is 0.264 e. The summed E-state index contributed by atoms with van der Waals surface area (Å²) < 4.78 is 42.6. The minimum Gasteiger partial charge on any atom is -0.487 e. The van der Waals surface area contributed by atoms with Crippen LogP contribution in [0.5, 0.6) is 5.75 Å². The fraction of sp³-hybridized carbons (Fsp3) is 0.632. The van der Waals surface area contributed by atoms with E-state index >= 15 is 0 Å². The molecule has 0 aromatic heterocycles. The third-order valence-electron chi connectivity index (χ3n) is 12.0. The number of nitrogens with one attached hydrogen (secondary N) is 1. The number of ether oxygens (including phenoxy) is 2. The highest BCUT2D eigenvalue weighted by Gasteiger charge is 2.49. The Morgan fingerprint density at radius 2 is 1.82 bits per heavy atom. The fourth-order valence-corrected chi connectivity index (χ4v) is 9.91. The number of piperazine rings is 1. The van der Waals surface area contributed by atoms with Crippen molar-refractivity contribution in [1.82, 2.24) is 14.5 Å². The molecule has 5 atom stereocenters. The van der Waals surface area contributed by atoms with Crippen molar-refractivity contribution in [3.8, 4) is 5.75 Å². The van der Waals surface area contributed by atoms with Gasteiger partial charge in [-0.15, -0.1) is 0 Å². The van der Waals surface area contributed by atoms with Gasteiger partial charge in [0, 0.05) is 57.5 Å². The molecule has 1 unspecified atom stereocenters. The largest absolute Gasteiger partial charge is 0.487 e. The first-order valence-electron chi connectivity index (χ1n) is 18.3. The van der Waals surface area contributed by atoms with Crippen molar-refractivity contribution < 1.29 is 27.5 Å². The van der Waals surface area contributed by atoms with Gasteiger partial charge >= 0.3 is 0 Å². The van der Waals surface area contributed by atoms with E-state index in [9.17, 15) is 18.0 Å². The Balaban J connectivity index is 1.38. The van der Waals surface area contributed by atoms with Gasteiger partial charge in [0.15, 0.2) is 0 Å². The molecule has 1 aliphatic carbocycles. The molecule has 274 valence electrons. The molecule has 3 aliphatic heterocycles. The Hall–Kier alpha value is -2.86. The number of rotatable bonds is 3. The van der Waals surface area contributed by atoms with Gasteiger partial charge in [0.2, 0.25) is 15.9 Å². The Bertz CT molecular complexity index is 1670. The summed E-state index contributed by atoms with van der Waals surface area (Å²) in [5.74, 6) is 0.548. The van der Waals surface area contributed by atoms with Crippen LogP contribution >= 0.6 is 11.6 Å². The number of aryl methyl sites for hydroxylation is 1. The van der Waals surface area contributed by atoms with Crippen molar-refractivity contribution in [2.24, 2.45) is 17.8 Å². The van der Waals surface area contributed by atoms with E-state index in [1.165, 1.54) is 5.56 Å². The summed E-state index contributed by atoms with van der Waals surface area (Å²) in [7, 11) is -0.283. The first-order valence-corrected chi connectivity index (χ1v) is 20.2. The van der Waals surface area contributed by atoms with Crippen LogP contribution in [0.3, 0.4) is 0 Å². The van der Waals surface area contributed by atoms with E-state index in [0.717, 1.165) is 75.8 Å². The molecule has 6 rings (SSSR count). The van der Waals surface area contributed by atoms with Crippen LogP contribution in [0.2, 0.25) is 5.02 Å². The van der Waals surface area contributed by atoms with Gasteiger partial charge < -0.3 is 19.3 Å². The summed E-state index contributed by atoms with van der Waals surface area (Å²) in [5.41, 5.74) is 2.84. The van der Waals surface area contributed by atoms with Gasteiger partial charge in [0.1, 0.15) is 12.4 Å². The number of benzene rings is 2. The maximum Gasteiger partial charge on any atom is 0.264 e. The highest BCUT2D eigenvalue weighted by Crippen LogP contribution is 2.48. The number of halogens is 1. The molecule has 0 spiro atoms. The molecule has 2 amide bonds. The minimum atomic E-state index is -3.95. The van der Waals surface area contributed by atoms with Crippen LogP contribution in [0.15, 0.2) is 36.4 Å². The SMILES string of the molecule is CO[C@@]1(CN2CCN(C)C(=O)C2)CCC[C@H](C)[C@@H](C)S(=O)(=O)NC(=O)c2ccc3c(c2)N(CCCCc2cc(Cl)ccc2CO3)CC2CC[C@H]21. The first kappa shape index (κ1) is 36.9. The van der Waals surface area contributed by atoms with Crippen LogP contribution < -0.4 is 14.4 Å². The summed E-state index contributed by atoms with van der Waals surface area (Å²) in [6, 6.07) is 11.2. The number of fused-ring (bicyclic) bond motifs is 3. The van der Waals surface area contributed by atoms with Crippen molar-refractivity contribution >= 4 is 39.1 Å². The molecule has 2 fully saturated rings. The predicted molar refractivity (Wildman–Crippen MR) is 196 cm³/mol. The van der Waals surface area contributed by atoms with Crippen LogP contribution in [0.25, 0.3) is 0 Å². The quantitative estimate of drug-likeness (QED) is 0.441. The monoisotopic (exact) mass is 728 g/mol. The van der Waals surface area contributed by atoms with Crippen molar-refractivity contribution in [2.45, 2.75) is 82.7 Å². The zero-order valence-corrected chi connectivity index (χ0v) is 31.5. The summed E-state index contributed by atoms with van der Waals surface area (Å²) in [6.07, 6.45) is 7.06. The summed E-state index contributed by atoms with van der Waals surface area (Å²) in [6.45, 7) is 8.00. The van der Waals surface area contributed by atoms with E-state index in [4.69, 9.17) is 21.1 Å². The number of amides is 2. The number of nitrogens with zero attached hydrogens (tertiary/aromatic N) is 3. The van der Waals surface area contributed by atoms with Crippen molar-refractivity contribution in [1.29, 1.82) is 0 Å². The molecule has 3 heterocycles. The zero-order chi connectivity index (χ0) is 35.6. The molecular formula is C38H53ClN4O6S. The number of methoxy groups -OCH3 is 1. The van der Waals surface area contributed by atoms with Gasteiger partial charge in [-0.1, -0.05) is 31.0 Å². The summed E-state index contributed by atoms with van der Waals surface area (Å²) in [4.78, 5) is 32.7. The lowest BCUT2D eigenvalue weighted by Gasteiger charge is -2.53. The lowest BCUT2D eigenvalue weighted by molar-refractivity contribution is -0.146. The number of sulfonamides is 1. The van der Waals surface area contributed by atoms with Crippen molar-refractivity contribution in [2.75, 3.05) is 58.3 Å². The third kappa shape index (κ3) is 7.96. The van der Waals surface area contributed by atoms with Crippen molar-refractivity contribution in [3.05, 3.63) is 58.1 Å². The first-order chi connectivity index (χ1) is 23.9. The van der Waals surface area contributed by atoms with Crippen LogP contribution in [0.1, 0.15) is 80.3 Å². The normalized spacial score (nSPS) is 29.8. The fourth-order valence-electron chi connectivity index (χ4n) is 8.41. The zero-order valence-electron chi connectivity index (χ0n) is 30.0. The molecule has 1 N–H and O–H groups in total. The lowest BCUT2D eigenvalue weighted by Crippen LogP contribution is -2.60. The number of anilines is 1. The van der Waals surface area contributed by atoms with Gasteiger partial charge in [-0.2, -0.15) is 0 Å². The number of hydrogen-bond donors (Lipinski definition) is 1. The van der Waals surface area contributed by atoms with Crippen LogP contribution in [0, 0.1) is 17.8 Å². The topological polar surface area (TPSA) is 108 Å². The van der Waals surface area contributed by atoms with Crippen LogP contribution in [0.4, 0.5) is 5.69 Å². The molecule has 0 radical (unpaired) electrons. The van der Waals surface area contributed by atoms with Crippen LogP contribution in [-0.4, -0.2) is 94.3 Å². The standard InChI is InChI=1S/C38H53ClN4O6S/c1-26-8-7-16-38(48-4,25-42-19-18-41(3)36(44)23-42)33-14-11-30(33)22-43-17-6-5-9-28-20-32(39)13-10-31(28)24-49-35-15-12-29(21-34(35)43)37(45)40-50(46,47)27(26)2/h10,12-13,15,20-21,26-27,30,33H,5-9,11,14,16-19,22-25H2,1-4H3,(H,40,45)/t26-,27+,30?,33+,38+/m0/s1. The Morgan fingerprint density at radius 3 is 2.56 bits per heavy atom. The van der Waals surface area contributed by atoms with Gasteiger partial charge in [0.25, 0.3) is 5.91 Å². The molecular weight excluding hydrogens is 676 g/mol. The van der Waals surface area contributed by atoms with E-state index < -0.39 is 26.8 Å². The molecule has 2 aromatic rings. The number of carbonyl (C=O) groups excluding carboxylic acids is 2. The van der Waals surface area contributed by atoms with E-state index in [0.29, 0.717) is 49.4 Å². The second-order valence-electron chi connectivity index (χ2n) is 15.1. The number of carbonyl (C=O) groups is 2. The Kier molecular flexibility index (Phi) is 11.4. The van der Waals surface area contributed by atoms with Gasteiger partial charge in [-0.05, 0) is 111 Å². The van der Waals surface area contributed by atoms with Gasteiger partial charge in [-0.25, -0.2) is 13.1 Å². The lowest BCUT2D eigenvalue weighted by atomic mass is 9.62. The number of hydrogen-bond acceptors (Lipinski definition) is 8. The van der Waals surface area contributed by atoms with Gasteiger partial charge in [-0.3, -0.25) is 14.5 Å². The Labute approximate surface area is 302 Å². The maximum atomic E-state index is 13.6. The number of likely N-dealkylation sites (N-methyl/N-ethyl adjacent to an activating group) is 1. The van der Waals surface area contributed by atoms with Crippen molar-refractivity contribution in [3.63, 3.8) is 0 Å².